The first kappa shape index (κ1) is 12.4. The highest BCUT2D eigenvalue weighted by Crippen LogP contribution is 2.36. The summed E-state index contributed by atoms with van der Waals surface area (Å²) in [6, 6.07) is 6.31. The topological polar surface area (TPSA) is 37.9 Å². The van der Waals surface area contributed by atoms with Gasteiger partial charge in [-0.15, -0.1) is 0 Å². The lowest BCUT2D eigenvalue weighted by atomic mass is 9.98. The van der Waals surface area contributed by atoms with Crippen molar-refractivity contribution >= 4 is 12.2 Å². The molecule has 0 fully saturated rings. The first-order valence-corrected chi connectivity index (χ1v) is 7.03. The van der Waals surface area contributed by atoms with Gasteiger partial charge < -0.3 is 9.72 Å². The molecule has 0 aliphatic carbocycles. The lowest BCUT2D eigenvalue weighted by Gasteiger charge is -2.21. The van der Waals surface area contributed by atoms with E-state index in [0.717, 1.165) is 48.4 Å². The quantitative estimate of drug-likeness (QED) is 0.847. The summed E-state index contributed by atoms with van der Waals surface area (Å²) in [6.45, 7) is 2.89. The van der Waals surface area contributed by atoms with Crippen LogP contribution in [0.1, 0.15) is 24.5 Å². The number of benzene rings is 1. The van der Waals surface area contributed by atoms with Gasteiger partial charge in [0.1, 0.15) is 10.4 Å². The summed E-state index contributed by atoms with van der Waals surface area (Å²) in [5.41, 5.74) is 4.51. The van der Waals surface area contributed by atoms with Crippen molar-refractivity contribution in [1.82, 2.24) is 9.97 Å². The molecule has 1 aromatic heterocycles. The second-order valence-corrected chi connectivity index (χ2v) is 5.05. The molecule has 3 nitrogen and oxygen atoms in total. The molecule has 2 aromatic rings. The third-order valence-corrected chi connectivity index (χ3v) is 3.86. The second kappa shape index (κ2) is 5.13. The Morgan fingerprint density at radius 3 is 3.16 bits per heavy atom. The molecule has 4 heteroatoms. The highest BCUT2D eigenvalue weighted by molar-refractivity contribution is 7.71. The number of aryl methyl sites for hydroxylation is 1. The van der Waals surface area contributed by atoms with E-state index in [-0.39, 0.29) is 0 Å². The molecular formula is C15H16N2OS. The van der Waals surface area contributed by atoms with Crippen molar-refractivity contribution in [2.45, 2.75) is 26.2 Å². The maximum Gasteiger partial charge on any atom is 0.133 e. The Hall–Kier alpha value is -1.68. The van der Waals surface area contributed by atoms with Crippen LogP contribution < -0.4 is 4.74 Å². The molecule has 0 saturated heterocycles. The fourth-order valence-electron chi connectivity index (χ4n) is 2.58. The van der Waals surface area contributed by atoms with E-state index in [1.807, 2.05) is 0 Å². The van der Waals surface area contributed by atoms with Gasteiger partial charge in [0.05, 0.1) is 18.6 Å². The van der Waals surface area contributed by atoms with Crippen LogP contribution in [-0.2, 0) is 12.8 Å². The monoisotopic (exact) mass is 272 g/mol. The molecular weight excluding hydrogens is 256 g/mol. The Bertz CT molecular complexity index is 663. The number of hydrogen-bond acceptors (Lipinski definition) is 3. The van der Waals surface area contributed by atoms with Gasteiger partial charge in [-0.05, 0) is 30.9 Å². The van der Waals surface area contributed by atoms with Crippen LogP contribution in [-0.4, -0.2) is 16.6 Å². The highest BCUT2D eigenvalue weighted by Gasteiger charge is 2.17. The summed E-state index contributed by atoms with van der Waals surface area (Å²) in [4.78, 5) is 7.40. The summed E-state index contributed by atoms with van der Waals surface area (Å²) in [5, 5.41) is 0. The minimum atomic E-state index is 0.671. The van der Waals surface area contributed by atoms with E-state index in [1.165, 1.54) is 5.56 Å². The Morgan fingerprint density at radius 1 is 1.42 bits per heavy atom. The number of rotatable bonds is 2. The van der Waals surface area contributed by atoms with Gasteiger partial charge in [0.15, 0.2) is 0 Å². The van der Waals surface area contributed by atoms with Crippen molar-refractivity contribution in [3.8, 4) is 17.0 Å². The van der Waals surface area contributed by atoms with Crippen LogP contribution in [0.5, 0.6) is 5.75 Å². The third-order valence-electron chi connectivity index (χ3n) is 3.51. The van der Waals surface area contributed by atoms with Crippen molar-refractivity contribution in [3.63, 3.8) is 0 Å². The summed E-state index contributed by atoms with van der Waals surface area (Å²) >= 11 is 5.32. The molecule has 3 rings (SSSR count). The van der Waals surface area contributed by atoms with Gasteiger partial charge in [0.25, 0.3) is 0 Å². The first-order chi connectivity index (χ1) is 9.31. The minimum Gasteiger partial charge on any atom is -0.493 e. The first-order valence-electron chi connectivity index (χ1n) is 6.63. The lowest BCUT2D eigenvalue weighted by Crippen LogP contribution is -2.10. The van der Waals surface area contributed by atoms with Crippen LogP contribution in [0.25, 0.3) is 11.3 Å². The molecule has 0 amide bonds. The number of para-hydroxylation sites is 1. The smallest absolute Gasteiger partial charge is 0.133 e. The van der Waals surface area contributed by atoms with Gasteiger partial charge >= 0.3 is 0 Å². The summed E-state index contributed by atoms with van der Waals surface area (Å²) in [6.07, 6.45) is 4.70. The molecule has 0 radical (unpaired) electrons. The standard InChI is InChI=1S/C15H16N2OS/c1-2-11-13(16-9-17-15(11)19)12-7-3-5-10-6-4-8-18-14(10)12/h3,5,7,9H,2,4,6,8H2,1H3,(H,16,17,19). The Morgan fingerprint density at radius 2 is 2.32 bits per heavy atom. The molecule has 19 heavy (non-hydrogen) atoms. The zero-order valence-electron chi connectivity index (χ0n) is 10.9. The summed E-state index contributed by atoms with van der Waals surface area (Å²) in [5.74, 6) is 1.00. The lowest BCUT2D eigenvalue weighted by molar-refractivity contribution is 0.289. The van der Waals surface area contributed by atoms with E-state index in [1.54, 1.807) is 6.33 Å². The van der Waals surface area contributed by atoms with Crippen LogP contribution in [0, 0.1) is 4.64 Å². The molecule has 1 N–H and O–H groups in total. The van der Waals surface area contributed by atoms with Crippen LogP contribution in [0.15, 0.2) is 24.5 Å². The van der Waals surface area contributed by atoms with Gasteiger partial charge in [-0.25, -0.2) is 4.98 Å². The molecule has 0 spiro atoms. The fourth-order valence-corrected chi connectivity index (χ4v) is 2.88. The highest BCUT2D eigenvalue weighted by atomic mass is 32.1. The van der Waals surface area contributed by atoms with Gasteiger partial charge in [-0.3, -0.25) is 0 Å². The van der Waals surface area contributed by atoms with E-state index < -0.39 is 0 Å². The Kier molecular flexibility index (Phi) is 3.34. The Balaban J connectivity index is 2.23. The summed E-state index contributed by atoms with van der Waals surface area (Å²) < 4.78 is 6.54. The van der Waals surface area contributed by atoms with Crippen molar-refractivity contribution in [2.24, 2.45) is 0 Å². The molecule has 1 aliphatic rings. The van der Waals surface area contributed by atoms with Crippen molar-refractivity contribution in [2.75, 3.05) is 6.61 Å². The third kappa shape index (κ3) is 2.16. The molecule has 1 aromatic carbocycles. The van der Waals surface area contributed by atoms with Gasteiger partial charge in [-0.1, -0.05) is 31.3 Å². The van der Waals surface area contributed by atoms with Gasteiger partial charge in [-0.2, -0.15) is 0 Å². The predicted molar refractivity (Wildman–Crippen MR) is 78.1 cm³/mol. The van der Waals surface area contributed by atoms with E-state index >= 15 is 0 Å². The zero-order chi connectivity index (χ0) is 13.2. The number of H-pyrrole nitrogens is 1. The number of aromatic amines is 1. The number of nitrogens with one attached hydrogen (secondary N) is 1. The van der Waals surface area contributed by atoms with E-state index in [2.05, 4.69) is 35.1 Å². The number of ether oxygens (including phenoxy) is 1. The maximum absolute atomic E-state index is 5.87. The number of aromatic nitrogens is 2. The molecule has 0 saturated carbocycles. The summed E-state index contributed by atoms with van der Waals surface area (Å²) in [7, 11) is 0. The maximum atomic E-state index is 5.87. The number of nitrogens with zero attached hydrogens (tertiary/aromatic N) is 1. The van der Waals surface area contributed by atoms with Crippen molar-refractivity contribution < 1.29 is 4.74 Å². The predicted octanol–water partition coefficient (Wildman–Crippen LogP) is 3.69. The Labute approximate surface area is 117 Å². The molecule has 2 heterocycles. The zero-order valence-corrected chi connectivity index (χ0v) is 11.7. The molecule has 0 unspecified atom stereocenters. The van der Waals surface area contributed by atoms with Crippen LogP contribution in [0.4, 0.5) is 0 Å². The second-order valence-electron chi connectivity index (χ2n) is 4.66. The van der Waals surface area contributed by atoms with E-state index in [0.29, 0.717) is 4.64 Å². The fraction of sp³-hybridized carbons (Fsp3) is 0.333. The minimum absolute atomic E-state index is 0.671. The average Bonchev–Trinajstić information content (AvgIpc) is 2.46. The van der Waals surface area contributed by atoms with Crippen molar-refractivity contribution in [3.05, 3.63) is 40.3 Å². The normalized spacial score (nSPS) is 13.7. The number of hydrogen-bond donors (Lipinski definition) is 1. The molecule has 0 atom stereocenters. The van der Waals surface area contributed by atoms with Gasteiger partial charge in [0.2, 0.25) is 0 Å². The van der Waals surface area contributed by atoms with Gasteiger partial charge in [0, 0.05) is 11.1 Å². The van der Waals surface area contributed by atoms with Crippen LogP contribution in [0.2, 0.25) is 0 Å². The van der Waals surface area contributed by atoms with Crippen molar-refractivity contribution in [1.29, 1.82) is 0 Å². The largest absolute Gasteiger partial charge is 0.493 e. The van der Waals surface area contributed by atoms with Crippen LogP contribution in [0.3, 0.4) is 0 Å². The van der Waals surface area contributed by atoms with E-state index in [4.69, 9.17) is 17.0 Å². The van der Waals surface area contributed by atoms with E-state index in [9.17, 15) is 0 Å². The molecule has 1 aliphatic heterocycles. The van der Waals surface area contributed by atoms with Crippen LogP contribution >= 0.6 is 12.2 Å². The number of fused-ring (bicyclic) bond motifs is 1. The molecule has 98 valence electrons. The molecule has 0 bridgehead atoms. The average molecular weight is 272 g/mol. The SMILES string of the molecule is CCc1c(-c2cccc3c2OCCC3)[nH]cnc1=S.